The number of amides is 1. The summed E-state index contributed by atoms with van der Waals surface area (Å²) >= 11 is 0. The molecule has 0 heterocycles. The Kier molecular flexibility index (Phi) is 6.27. The van der Waals surface area contributed by atoms with Crippen LogP contribution in [0, 0.1) is 11.8 Å². The van der Waals surface area contributed by atoms with E-state index in [1.54, 1.807) is 0 Å². The van der Waals surface area contributed by atoms with Gasteiger partial charge in [-0.15, -0.1) is 12.4 Å². The fraction of sp³-hybridized carbons (Fsp3) is 0.611. The number of nitrogens with two attached hydrogens (primary N) is 1. The van der Waals surface area contributed by atoms with E-state index >= 15 is 0 Å². The third-order valence-electron chi connectivity index (χ3n) is 5.17. The average molecular weight is 323 g/mol. The van der Waals surface area contributed by atoms with Crippen LogP contribution in [0.2, 0.25) is 0 Å². The van der Waals surface area contributed by atoms with E-state index in [1.807, 2.05) is 6.07 Å². The van der Waals surface area contributed by atoms with E-state index in [4.69, 9.17) is 5.73 Å². The maximum atomic E-state index is 12.6. The Hall–Kier alpha value is -1.06. The molecule has 2 aliphatic carbocycles. The fourth-order valence-corrected chi connectivity index (χ4v) is 3.95. The highest BCUT2D eigenvalue weighted by Crippen LogP contribution is 2.36. The van der Waals surface area contributed by atoms with Crippen molar-refractivity contribution in [3.8, 4) is 0 Å². The molecule has 2 aliphatic rings. The van der Waals surface area contributed by atoms with Crippen LogP contribution in [-0.4, -0.2) is 11.9 Å². The predicted octanol–water partition coefficient (Wildman–Crippen LogP) is 3.58. The summed E-state index contributed by atoms with van der Waals surface area (Å²) in [5.74, 6) is 0.919. The van der Waals surface area contributed by atoms with Gasteiger partial charge in [0.05, 0.1) is 6.04 Å². The third kappa shape index (κ3) is 4.02. The highest BCUT2D eigenvalue weighted by atomic mass is 35.5. The van der Waals surface area contributed by atoms with Crippen LogP contribution in [-0.2, 0) is 4.79 Å². The molecule has 2 saturated carbocycles. The molecule has 3 N–H and O–H groups in total. The first-order chi connectivity index (χ1) is 10.2. The van der Waals surface area contributed by atoms with Crippen molar-refractivity contribution in [3.63, 3.8) is 0 Å². The van der Waals surface area contributed by atoms with Crippen molar-refractivity contribution < 1.29 is 4.79 Å². The van der Waals surface area contributed by atoms with Gasteiger partial charge >= 0.3 is 0 Å². The highest BCUT2D eigenvalue weighted by molar-refractivity contribution is 5.85. The zero-order chi connectivity index (χ0) is 14.7. The monoisotopic (exact) mass is 322 g/mol. The normalized spacial score (nSPS) is 26.4. The van der Waals surface area contributed by atoms with Gasteiger partial charge in [-0.05, 0) is 43.6 Å². The lowest BCUT2D eigenvalue weighted by atomic mass is 9.91. The van der Waals surface area contributed by atoms with Crippen molar-refractivity contribution in [1.29, 1.82) is 0 Å². The van der Waals surface area contributed by atoms with E-state index in [0.29, 0.717) is 5.92 Å². The summed E-state index contributed by atoms with van der Waals surface area (Å²) in [7, 11) is 0. The number of benzene rings is 1. The Labute approximate surface area is 139 Å². The highest BCUT2D eigenvalue weighted by Gasteiger charge is 2.32. The molecule has 0 spiro atoms. The van der Waals surface area contributed by atoms with Crippen LogP contribution in [0.25, 0.3) is 0 Å². The zero-order valence-corrected chi connectivity index (χ0v) is 13.9. The van der Waals surface area contributed by atoms with Gasteiger partial charge in [0.1, 0.15) is 0 Å². The second kappa shape index (κ2) is 7.98. The Morgan fingerprint density at radius 3 is 2.36 bits per heavy atom. The van der Waals surface area contributed by atoms with Crippen LogP contribution >= 0.6 is 12.4 Å². The Morgan fingerprint density at radius 1 is 1.09 bits per heavy atom. The standard InChI is InChI=1S/C18H26N2O.ClH/c19-16-11-10-15(12-16)18(21)20-17(14-8-4-5-9-14)13-6-2-1-3-7-13;/h1-3,6-7,14-17H,4-5,8-12,19H2,(H,20,21);1H. The zero-order valence-electron chi connectivity index (χ0n) is 13.0. The Morgan fingerprint density at radius 2 is 1.77 bits per heavy atom. The SMILES string of the molecule is Cl.NC1CCC(C(=O)NC(c2ccccc2)C2CCCC2)C1. The van der Waals surface area contributed by atoms with Gasteiger partial charge in [0.2, 0.25) is 5.91 Å². The molecule has 3 unspecified atom stereocenters. The van der Waals surface area contributed by atoms with E-state index < -0.39 is 0 Å². The van der Waals surface area contributed by atoms with Crippen molar-refractivity contribution in [1.82, 2.24) is 5.32 Å². The number of rotatable bonds is 4. The predicted molar refractivity (Wildman–Crippen MR) is 91.8 cm³/mol. The van der Waals surface area contributed by atoms with Crippen molar-refractivity contribution in [3.05, 3.63) is 35.9 Å². The second-order valence-corrected chi connectivity index (χ2v) is 6.71. The average Bonchev–Trinajstić information content (AvgIpc) is 3.17. The lowest BCUT2D eigenvalue weighted by Gasteiger charge is -2.26. The molecular weight excluding hydrogens is 296 g/mol. The van der Waals surface area contributed by atoms with E-state index in [9.17, 15) is 4.79 Å². The number of halogens is 1. The van der Waals surface area contributed by atoms with Crippen LogP contribution in [0.5, 0.6) is 0 Å². The van der Waals surface area contributed by atoms with Gasteiger partial charge in [0.15, 0.2) is 0 Å². The third-order valence-corrected chi connectivity index (χ3v) is 5.17. The van der Waals surface area contributed by atoms with E-state index in [-0.39, 0.29) is 36.3 Å². The topological polar surface area (TPSA) is 55.1 Å². The van der Waals surface area contributed by atoms with Crippen molar-refractivity contribution in [2.45, 2.75) is 57.0 Å². The molecule has 0 radical (unpaired) electrons. The minimum absolute atomic E-state index is 0. The molecule has 122 valence electrons. The van der Waals surface area contributed by atoms with Gasteiger partial charge in [-0.25, -0.2) is 0 Å². The maximum Gasteiger partial charge on any atom is 0.223 e. The van der Waals surface area contributed by atoms with Gasteiger partial charge in [-0.3, -0.25) is 4.79 Å². The van der Waals surface area contributed by atoms with Crippen LogP contribution in [0.1, 0.15) is 56.6 Å². The van der Waals surface area contributed by atoms with Gasteiger partial charge in [-0.1, -0.05) is 43.2 Å². The lowest BCUT2D eigenvalue weighted by Crippen LogP contribution is -2.36. The van der Waals surface area contributed by atoms with E-state index in [2.05, 4.69) is 29.6 Å². The molecule has 2 fully saturated rings. The number of nitrogens with one attached hydrogen (secondary N) is 1. The summed E-state index contributed by atoms with van der Waals surface area (Å²) in [5.41, 5.74) is 7.20. The van der Waals surface area contributed by atoms with Gasteiger partial charge in [0, 0.05) is 12.0 Å². The summed E-state index contributed by atoms with van der Waals surface area (Å²) in [6, 6.07) is 10.8. The fourth-order valence-electron chi connectivity index (χ4n) is 3.95. The molecule has 1 aromatic rings. The number of carbonyl (C=O) groups excluding carboxylic acids is 1. The van der Waals surface area contributed by atoms with Crippen molar-refractivity contribution in [2.24, 2.45) is 17.6 Å². The molecule has 22 heavy (non-hydrogen) atoms. The van der Waals surface area contributed by atoms with Gasteiger partial charge in [0.25, 0.3) is 0 Å². The first kappa shape index (κ1) is 17.3. The largest absolute Gasteiger partial charge is 0.349 e. The summed E-state index contributed by atoms with van der Waals surface area (Å²) in [6.07, 6.45) is 7.80. The molecule has 0 bridgehead atoms. The van der Waals surface area contributed by atoms with Crippen LogP contribution < -0.4 is 11.1 Å². The Balaban J connectivity index is 0.00000176. The van der Waals surface area contributed by atoms with Gasteiger partial charge in [-0.2, -0.15) is 0 Å². The number of hydrogen-bond donors (Lipinski definition) is 2. The molecule has 0 saturated heterocycles. The van der Waals surface area contributed by atoms with Crippen LogP contribution in [0.3, 0.4) is 0 Å². The molecule has 3 nitrogen and oxygen atoms in total. The first-order valence-corrected chi connectivity index (χ1v) is 8.35. The lowest BCUT2D eigenvalue weighted by molar-refractivity contribution is -0.126. The molecule has 1 aromatic carbocycles. The molecule has 3 rings (SSSR count). The molecule has 0 aromatic heterocycles. The number of carbonyl (C=O) groups is 1. The molecule has 4 heteroatoms. The minimum atomic E-state index is 0. The smallest absolute Gasteiger partial charge is 0.223 e. The number of hydrogen-bond acceptors (Lipinski definition) is 2. The second-order valence-electron chi connectivity index (χ2n) is 6.71. The van der Waals surface area contributed by atoms with E-state index in [0.717, 1.165) is 19.3 Å². The maximum absolute atomic E-state index is 12.6. The summed E-state index contributed by atoms with van der Waals surface area (Å²) in [6.45, 7) is 0. The van der Waals surface area contributed by atoms with Crippen LogP contribution in [0.4, 0.5) is 0 Å². The van der Waals surface area contributed by atoms with E-state index in [1.165, 1.54) is 31.2 Å². The molecule has 0 aliphatic heterocycles. The molecule has 1 amide bonds. The van der Waals surface area contributed by atoms with Crippen molar-refractivity contribution >= 4 is 18.3 Å². The van der Waals surface area contributed by atoms with Gasteiger partial charge < -0.3 is 11.1 Å². The minimum Gasteiger partial charge on any atom is -0.349 e. The Bertz CT molecular complexity index is 473. The summed E-state index contributed by atoms with van der Waals surface area (Å²) in [5, 5.41) is 3.34. The molecule has 3 atom stereocenters. The summed E-state index contributed by atoms with van der Waals surface area (Å²) in [4.78, 5) is 12.6. The molecular formula is C18H27ClN2O. The summed E-state index contributed by atoms with van der Waals surface area (Å²) < 4.78 is 0. The first-order valence-electron chi connectivity index (χ1n) is 8.35. The van der Waals surface area contributed by atoms with Crippen molar-refractivity contribution in [2.75, 3.05) is 0 Å². The quantitative estimate of drug-likeness (QED) is 0.890. The van der Waals surface area contributed by atoms with Crippen LogP contribution in [0.15, 0.2) is 30.3 Å².